The average Bonchev–Trinajstić information content (AvgIpc) is 2.58. The van der Waals surface area contributed by atoms with Crippen molar-refractivity contribution in [2.24, 2.45) is 0 Å². The first-order chi connectivity index (χ1) is 11.2. The normalized spacial score (nSPS) is 10.3. The Morgan fingerprint density at radius 1 is 1.09 bits per heavy atom. The molecule has 0 amide bonds. The quantitative estimate of drug-likeness (QED) is 0.701. The van der Waals surface area contributed by atoms with Crippen LogP contribution in [0.3, 0.4) is 0 Å². The van der Waals surface area contributed by atoms with Crippen LogP contribution in [0.15, 0.2) is 59.2 Å². The van der Waals surface area contributed by atoms with Crippen molar-refractivity contribution in [1.29, 1.82) is 0 Å². The summed E-state index contributed by atoms with van der Waals surface area (Å²) in [6.07, 6.45) is 1.61. The Hall–Kier alpha value is -2.47. The maximum Gasteiger partial charge on any atom is 0.249 e. The molecule has 0 fully saturated rings. The van der Waals surface area contributed by atoms with Gasteiger partial charge in [0.15, 0.2) is 5.82 Å². The third-order valence-electron chi connectivity index (χ3n) is 3.29. The van der Waals surface area contributed by atoms with Crippen molar-refractivity contribution in [2.45, 2.75) is 13.5 Å². The molecule has 3 rings (SSSR count). The number of aryl methyl sites for hydroxylation is 1. The van der Waals surface area contributed by atoms with E-state index in [-0.39, 0.29) is 0 Å². The first-order valence-corrected chi connectivity index (χ1v) is 8.01. The molecule has 2 N–H and O–H groups in total. The van der Waals surface area contributed by atoms with E-state index in [9.17, 15) is 0 Å². The number of anilines is 3. The summed E-state index contributed by atoms with van der Waals surface area (Å²) >= 11 is 3.49. The minimum absolute atomic E-state index is 0.463. The first kappa shape index (κ1) is 15.4. The van der Waals surface area contributed by atoms with Gasteiger partial charge in [-0.1, -0.05) is 46.3 Å². The van der Waals surface area contributed by atoms with E-state index in [0.29, 0.717) is 18.3 Å². The molecule has 0 spiro atoms. The monoisotopic (exact) mass is 369 g/mol. The lowest BCUT2D eigenvalue weighted by molar-refractivity contribution is 0.966. The largest absolute Gasteiger partial charge is 0.365 e. The van der Waals surface area contributed by atoms with Crippen LogP contribution in [0.1, 0.15) is 11.1 Å². The third kappa shape index (κ3) is 4.26. The summed E-state index contributed by atoms with van der Waals surface area (Å²) < 4.78 is 1.07. The van der Waals surface area contributed by atoms with Gasteiger partial charge in [-0.25, -0.2) is 0 Å². The molecule has 0 bridgehead atoms. The van der Waals surface area contributed by atoms with Gasteiger partial charge >= 0.3 is 0 Å². The van der Waals surface area contributed by atoms with Crippen molar-refractivity contribution >= 4 is 33.4 Å². The molecular formula is C17H16BrN5. The minimum Gasteiger partial charge on any atom is -0.365 e. The SMILES string of the molecule is Cc1cc(Nc2nncc(NCc3ccccc3)n2)ccc1Br. The van der Waals surface area contributed by atoms with E-state index in [1.807, 2.05) is 43.3 Å². The molecule has 116 valence electrons. The van der Waals surface area contributed by atoms with E-state index in [4.69, 9.17) is 0 Å². The van der Waals surface area contributed by atoms with Crippen molar-refractivity contribution in [3.63, 3.8) is 0 Å². The number of nitrogens with one attached hydrogen (secondary N) is 2. The van der Waals surface area contributed by atoms with Gasteiger partial charge in [-0.05, 0) is 36.2 Å². The van der Waals surface area contributed by atoms with Gasteiger partial charge < -0.3 is 10.6 Å². The van der Waals surface area contributed by atoms with E-state index in [2.05, 4.69) is 53.9 Å². The molecule has 0 aliphatic heterocycles. The maximum absolute atomic E-state index is 4.43. The van der Waals surface area contributed by atoms with Crippen molar-refractivity contribution in [2.75, 3.05) is 10.6 Å². The van der Waals surface area contributed by atoms with Gasteiger partial charge in [0.25, 0.3) is 0 Å². The molecule has 0 aliphatic rings. The van der Waals surface area contributed by atoms with E-state index < -0.39 is 0 Å². The second kappa shape index (κ2) is 7.19. The summed E-state index contributed by atoms with van der Waals surface area (Å²) in [4.78, 5) is 4.43. The molecular weight excluding hydrogens is 354 g/mol. The highest BCUT2D eigenvalue weighted by atomic mass is 79.9. The Balaban J connectivity index is 1.68. The predicted octanol–water partition coefficient (Wildman–Crippen LogP) is 4.30. The van der Waals surface area contributed by atoms with Gasteiger partial charge in [-0.2, -0.15) is 10.1 Å². The van der Waals surface area contributed by atoms with Crippen LogP contribution < -0.4 is 10.6 Å². The molecule has 1 heterocycles. The third-order valence-corrected chi connectivity index (χ3v) is 4.18. The summed E-state index contributed by atoms with van der Waals surface area (Å²) in [5.41, 5.74) is 3.25. The van der Waals surface area contributed by atoms with Crippen LogP contribution in [0, 0.1) is 6.92 Å². The number of halogens is 1. The average molecular weight is 370 g/mol. The topological polar surface area (TPSA) is 62.7 Å². The molecule has 2 aromatic carbocycles. The lowest BCUT2D eigenvalue weighted by Crippen LogP contribution is -2.05. The molecule has 5 nitrogen and oxygen atoms in total. The predicted molar refractivity (Wildman–Crippen MR) is 95.8 cm³/mol. The number of hydrogen-bond acceptors (Lipinski definition) is 5. The van der Waals surface area contributed by atoms with E-state index in [1.54, 1.807) is 6.20 Å². The van der Waals surface area contributed by atoms with Gasteiger partial charge in [0.1, 0.15) is 0 Å². The molecule has 0 aliphatic carbocycles. The molecule has 3 aromatic rings. The Bertz CT molecular complexity index is 792. The Labute approximate surface area is 143 Å². The molecule has 0 saturated carbocycles. The Morgan fingerprint density at radius 2 is 1.91 bits per heavy atom. The number of hydrogen-bond donors (Lipinski definition) is 2. The maximum atomic E-state index is 4.43. The van der Waals surface area contributed by atoms with Crippen molar-refractivity contribution in [3.05, 3.63) is 70.3 Å². The van der Waals surface area contributed by atoms with Gasteiger partial charge in [0.2, 0.25) is 5.95 Å². The van der Waals surface area contributed by atoms with E-state index in [1.165, 1.54) is 5.56 Å². The Kier molecular flexibility index (Phi) is 4.83. The van der Waals surface area contributed by atoms with Gasteiger partial charge in [0, 0.05) is 16.7 Å². The summed E-state index contributed by atoms with van der Waals surface area (Å²) in [6.45, 7) is 2.72. The highest BCUT2D eigenvalue weighted by Crippen LogP contribution is 2.21. The number of nitrogens with zero attached hydrogens (tertiary/aromatic N) is 3. The van der Waals surface area contributed by atoms with Crippen molar-refractivity contribution < 1.29 is 0 Å². The zero-order chi connectivity index (χ0) is 16.1. The van der Waals surface area contributed by atoms with Crippen LogP contribution in [0.5, 0.6) is 0 Å². The highest BCUT2D eigenvalue weighted by Gasteiger charge is 2.03. The molecule has 6 heteroatoms. The standard InChI is InChI=1S/C17H16BrN5/c1-12-9-14(7-8-15(12)18)21-17-22-16(11-20-23-17)19-10-13-5-3-2-4-6-13/h2-9,11H,10H2,1H3,(H2,19,21,22,23). The summed E-state index contributed by atoms with van der Waals surface area (Å²) in [5.74, 6) is 1.14. The van der Waals surface area contributed by atoms with E-state index >= 15 is 0 Å². The second-order valence-electron chi connectivity index (χ2n) is 5.09. The molecule has 0 unspecified atom stereocenters. The summed E-state index contributed by atoms with van der Waals surface area (Å²) in [6, 6.07) is 16.1. The summed E-state index contributed by atoms with van der Waals surface area (Å²) in [5, 5.41) is 14.4. The van der Waals surface area contributed by atoms with Crippen LogP contribution >= 0.6 is 15.9 Å². The first-order valence-electron chi connectivity index (χ1n) is 7.21. The fourth-order valence-electron chi connectivity index (χ4n) is 2.08. The lowest BCUT2D eigenvalue weighted by atomic mass is 10.2. The van der Waals surface area contributed by atoms with Crippen LogP contribution in [0.4, 0.5) is 17.5 Å². The smallest absolute Gasteiger partial charge is 0.249 e. The highest BCUT2D eigenvalue weighted by molar-refractivity contribution is 9.10. The van der Waals surface area contributed by atoms with Crippen molar-refractivity contribution in [1.82, 2.24) is 15.2 Å². The van der Waals surface area contributed by atoms with Gasteiger partial charge in [-0.15, -0.1) is 5.10 Å². The van der Waals surface area contributed by atoms with Gasteiger partial charge in [-0.3, -0.25) is 0 Å². The molecule has 0 saturated heterocycles. The number of rotatable bonds is 5. The fourth-order valence-corrected chi connectivity index (χ4v) is 2.33. The van der Waals surface area contributed by atoms with Crippen LogP contribution in [-0.4, -0.2) is 15.2 Å². The number of benzene rings is 2. The van der Waals surface area contributed by atoms with Crippen LogP contribution in [-0.2, 0) is 6.54 Å². The molecule has 1 aromatic heterocycles. The molecule has 23 heavy (non-hydrogen) atoms. The summed E-state index contributed by atoms with van der Waals surface area (Å²) in [7, 11) is 0. The second-order valence-corrected chi connectivity index (χ2v) is 5.95. The van der Waals surface area contributed by atoms with E-state index in [0.717, 1.165) is 15.7 Å². The number of aromatic nitrogens is 3. The fraction of sp³-hybridized carbons (Fsp3) is 0.118. The Morgan fingerprint density at radius 3 is 2.70 bits per heavy atom. The molecule has 0 radical (unpaired) electrons. The van der Waals surface area contributed by atoms with Gasteiger partial charge in [0.05, 0.1) is 6.20 Å². The van der Waals surface area contributed by atoms with Crippen LogP contribution in [0.25, 0.3) is 0 Å². The zero-order valence-corrected chi connectivity index (χ0v) is 14.2. The van der Waals surface area contributed by atoms with Crippen molar-refractivity contribution in [3.8, 4) is 0 Å². The van der Waals surface area contributed by atoms with Crippen LogP contribution in [0.2, 0.25) is 0 Å². The lowest BCUT2D eigenvalue weighted by Gasteiger charge is -2.08. The molecule has 0 atom stereocenters. The zero-order valence-electron chi connectivity index (χ0n) is 12.6. The minimum atomic E-state index is 0.463.